The van der Waals surface area contributed by atoms with E-state index < -0.39 is 0 Å². The summed E-state index contributed by atoms with van der Waals surface area (Å²) in [5, 5.41) is 0. The highest BCUT2D eigenvalue weighted by Gasteiger charge is 2.12. The lowest BCUT2D eigenvalue weighted by Crippen LogP contribution is -2.31. The Hall–Kier alpha value is -1.97. The van der Waals surface area contributed by atoms with Crippen molar-refractivity contribution in [2.75, 3.05) is 11.4 Å². The van der Waals surface area contributed by atoms with Crippen LogP contribution < -0.4 is 4.90 Å². The standard InChI is InChI=1S/C10H10N2O2/c1-2-10(14)12(7-8-13)9-5-3-4-6-11-9/h2-6,8H,1,7H2. The highest BCUT2D eigenvalue weighted by Crippen LogP contribution is 2.08. The normalized spacial score (nSPS) is 9.14. The molecule has 0 radical (unpaired) electrons. The van der Waals surface area contributed by atoms with Gasteiger partial charge >= 0.3 is 0 Å². The molecule has 1 rings (SSSR count). The molecule has 1 aromatic rings. The largest absolute Gasteiger partial charge is 0.301 e. The van der Waals surface area contributed by atoms with Crippen molar-refractivity contribution in [1.29, 1.82) is 0 Å². The molecule has 1 amide bonds. The van der Waals surface area contributed by atoms with E-state index in [1.54, 1.807) is 24.4 Å². The van der Waals surface area contributed by atoms with Crippen LogP contribution in [0.5, 0.6) is 0 Å². The first-order valence-corrected chi connectivity index (χ1v) is 4.08. The quantitative estimate of drug-likeness (QED) is 0.521. The van der Waals surface area contributed by atoms with Crippen LogP contribution >= 0.6 is 0 Å². The Morgan fingerprint density at radius 1 is 1.57 bits per heavy atom. The second-order valence-electron chi connectivity index (χ2n) is 2.51. The molecule has 1 heterocycles. The van der Waals surface area contributed by atoms with E-state index in [2.05, 4.69) is 11.6 Å². The Labute approximate surface area is 81.9 Å². The Balaban J connectivity index is 2.93. The van der Waals surface area contributed by atoms with Gasteiger partial charge in [-0.25, -0.2) is 4.98 Å². The van der Waals surface area contributed by atoms with Gasteiger partial charge in [-0.05, 0) is 18.2 Å². The van der Waals surface area contributed by atoms with Crippen molar-refractivity contribution in [3.8, 4) is 0 Å². The number of carbonyl (C=O) groups is 2. The van der Waals surface area contributed by atoms with E-state index >= 15 is 0 Å². The molecule has 0 saturated heterocycles. The van der Waals surface area contributed by atoms with Gasteiger partial charge in [0.2, 0.25) is 0 Å². The lowest BCUT2D eigenvalue weighted by atomic mass is 10.4. The summed E-state index contributed by atoms with van der Waals surface area (Å²) in [7, 11) is 0. The molecule has 4 nitrogen and oxygen atoms in total. The van der Waals surface area contributed by atoms with Crippen molar-refractivity contribution in [2.24, 2.45) is 0 Å². The molecule has 0 bridgehead atoms. The summed E-state index contributed by atoms with van der Waals surface area (Å²) in [4.78, 5) is 26.9. The van der Waals surface area contributed by atoms with Crippen molar-refractivity contribution in [1.82, 2.24) is 4.98 Å². The third-order valence-corrected chi connectivity index (χ3v) is 1.62. The fourth-order valence-electron chi connectivity index (χ4n) is 0.995. The molecule has 0 aliphatic rings. The van der Waals surface area contributed by atoms with E-state index in [4.69, 9.17) is 0 Å². The summed E-state index contributed by atoms with van der Waals surface area (Å²) in [6.07, 6.45) is 3.36. The van der Waals surface area contributed by atoms with Crippen LogP contribution in [0.4, 0.5) is 5.82 Å². The second kappa shape index (κ2) is 4.91. The van der Waals surface area contributed by atoms with E-state index in [1.165, 1.54) is 4.90 Å². The molecular formula is C10H10N2O2. The lowest BCUT2D eigenvalue weighted by Gasteiger charge is -2.16. The molecule has 0 aromatic carbocycles. The van der Waals surface area contributed by atoms with Gasteiger partial charge in [0.1, 0.15) is 12.1 Å². The second-order valence-corrected chi connectivity index (χ2v) is 2.51. The third kappa shape index (κ3) is 2.26. The van der Waals surface area contributed by atoms with Gasteiger partial charge in [-0.3, -0.25) is 9.69 Å². The predicted molar refractivity (Wildman–Crippen MR) is 52.9 cm³/mol. The van der Waals surface area contributed by atoms with E-state index in [1.807, 2.05) is 0 Å². The zero-order valence-corrected chi connectivity index (χ0v) is 7.59. The van der Waals surface area contributed by atoms with Crippen molar-refractivity contribution < 1.29 is 9.59 Å². The zero-order chi connectivity index (χ0) is 10.4. The highest BCUT2D eigenvalue weighted by molar-refractivity contribution is 6.02. The van der Waals surface area contributed by atoms with Crippen LogP contribution in [-0.4, -0.2) is 23.7 Å². The average Bonchev–Trinajstić information content (AvgIpc) is 2.26. The summed E-state index contributed by atoms with van der Waals surface area (Å²) in [5.41, 5.74) is 0. The maximum atomic E-state index is 11.3. The number of aromatic nitrogens is 1. The molecule has 1 aromatic heterocycles. The Morgan fingerprint density at radius 2 is 2.36 bits per heavy atom. The van der Waals surface area contributed by atoms with E-state index in [0.717, 1.165) is 6.08 Å². The minimum absolute atomic E-state index is 0.0120. The van der Waals surface area contributed by atoms with Gasteiger partial charge < -0.3 is 4.79 Å². The molecule has 0 saturated carbocycles. The average molecular weight is 190 g/mol. The van der Waals surface area contributed by atoms with Gasteiger partial charge in [0.05, 0.1) is 6.54 Å². The maximum Gasteiger partial charge on any atom is 0.251 e. The smallest absolute Gasteiger partial charge is 0.251 e. The molecule has 0 aliphatic carbocycles. The number of aldehydes is 1. The molecule has 0 unspecified atom stereocenters. The fraction of sp³-hybridized carbons (Fsp3) is 0.100. The minimum atomic E-state index is -0.337. The molecule has 0 spiro atoms. The Bertz CT molecular complexity index is 335. The van der Waals surface area contributed by atoms with Gasteiger partial charge in [-0.1, -0.05) is 12.6 Å². The number of anilines is 1. The van der Waals surface area contributed by atoms with Gasteiger partial charge in [0.15, 0.2) is 0 Å². The SMILES string of the molecule is C=CC(=O)N(CC=O)c1ccccn1. The lowest BCUT2D eigenvalue weighted by molar-refractivity contribution is -0.116. The summed E-state index contributed by atoms with van der Waals surface area (Å²) in [6, 6.07) is 5.14. The van der Waals surface area contributed by atoms with Crippen LogP contribution in [0.15, 0.2) is 37.1 Å². The van der Waals surface area contributed by atoms with Crippen LogP contribution in [0.25, 0.3) is 0 Å². The summed E-state index contributed by atoms with van der Waals surface area (Å²) in [6.45, 7) is 3.34. The molecule has 72 valence electrons. The number of rotatable bonds is 4. The third-order valence-electron chi connectivity index (χ3n) is 1.62. The van der Waals surface area contributed by atoms with E-state index in [0.29, 0.717) is 12.1 Å². The minimum Gasteiger partial charge on any atom is -0.301 e. The van der Waals surface area contributed by atoms with Gasteiger partial charge in [-0.2, -0.15) is 0 Å². The first kappa shape index (κ1) is 10.1. The van der Waals surface area contributed by atoms with Gasteiger partial charge in [0, 0.05) is 6.20 Å². The number of hydrogen-bond donors (Lipinski definition) is 0. The molecule has 0 aliphatic heterocycles. The van der Waals surface area contributed by atoms with Crippen molar-refractivity contribution >= 4 is 18.0 Å². The predicted octanol–water partition coefficient (Wildman–Crippen LogP) is 0.799. The van der Waals surface area contributed by atoms with Crippen LogP contribution in [0, 0.1) is 0 Å². The monoisotopic (exact) mass is 190 g/mol. The molecule has 4 heteroatoms. The number of hydrogen-bond acceptors (Lipinski definition) is 3. The van der Waals surface area contributed by atoms with Crippen LogP contribution in [0.2, 0.25) is 0 Å². The maximum absolute atomic E-state index is 11.3. The first-order chi connectivity index (χ1) is 6.79. The zero-order valence-electron chi connectivity index (χ0n) is 7.59. The molecular weight excluding hydrogens is 180 g/mol. The van der Waals surface area contributed by atoms with Crippen molar-refractivity contribution in [3.63, 3.8) is 0 Å². The fourth-order valence-corrected chi connectivity index (χ4v) is 0.995. The number of carbonyl (C=O) groups excluding carboxylic acids is 2. The summed E-state index contributed by atoms with van der Waals surface area (Å²) >= 11 is 0. The van der Waals surface area contributed by atoms with Crippen LogP contribution in [-0.2, 0) is 9.59 Å². The van der Waals surface area contributed by atoms with Crippen molar-refractivity contribution in [2.45, 2.75) is 0 Å². The topological polar surface area (TPSA) is 50.3 Å². The Morgan fingerprint density at radius 3 is 2.86 bits per heavy atom. The number of amides is 1. The number of nitrogens with zero attached hydrogens (tertiary/aromatic N) is 2. The molecule has 0 N–H and O–H groups in total. The van der Waals surface area contributed by atoms with Gasteiger partial charge in [0.25, 0.3) is 5.91 Å². The van der Waals surface area contributed by atoms with Crippen molar-refractivity contribution in [3.05, 3.63) is 37.1 Å². The van der Waals surface area contributed by atoms with E-state index in [-0.39, 0.29) is 12.5 Å². The first-order valence-electron chi connectivity index (χ1n) is 4.08. The summed E-state index contributed by atoms with van der Waals surface area (Å²) in [5.74, 6) is 0.111. The molecule has 14 heavy (non-hydrogen) atoms. The number of pyridine rings is 1. The van der Waals surface area contributed by atoms with Crippen LogP contribution in [0.1, 0.15) is 0 Å². The van der Waals surface area contributed by atoms with Gasteiger partial charge in [-0.15, -0.1) is 0 Å². The van der Waals surface area contributed by atoms with E-state index in [9.17, 15) is 9.59 Å². The molecule has 0 atom stereocenters. The van der Waals surface area contributed by atoms with Crippen LogP contribution in [0.3, 0.4) is 0 Å². The highest BCUT2D eigenvalue weighted by atomic mass is 16.2. The Kier molecular flexibility index (Phi) is 3.55. The summed E-state index contributed by atoms with van der Waals surface area (Å²) < 4.78 is 0. The molecule has 0 fully saturated rings.